The Morgan fingerprint density at radius 3 is 2.41 bits per heavy atom. The fraction of sp³-hybridized carbons (Fsp3) is 0.192. The van der Waals surface area contributed by atoms with E-state index in [9.17, 15) is 19.2 Å². The zero-order valence-electron chi connectivity index (χ0n) is 20.3. The lowest BCUT2D eigenvalue weighted by molar-refractivity contribution is -0.120. The predicted molar refractivity (Wildman–Crippen MR) is 142 cm³/mol. The Bertz CT molecular complexity index is 1410. The van der Waals surface area contributed by atoms with Crippen LogP contribution in [0.2, 0.25) is 0 Å². The monoisotopic (exact) mass is 538 g/mol. The molecule has 9 nitrogen and oxygen atoms in total. The van der Waals surface area contributed by atoms with Crippen LogP contribution >= 0.6 is 22.9 Å². The molecule has 2 N–H and O–H groups in total. The van der Waals surface area contributed by atoms with Gasteiger partial charge in [0.2, 0.25) is 0 Å². The first-order valence-electron chi connectivity index (χ1n) is 11.4. The summed E-state index contributed by atoms with van der Waals surface area (Å²) in [5, 5.41) is 5.80. The van der Waals surface area contributed by atoms with E-state index < -0.39 is 17.8 Å². The van der Waals surface area contributed by atoms with E-state index >= 15 is 0 Å². The Kier molecular flexibility index (Phi) is 7.70. The van der Waals surface area contributed by atoms with Gasteiger partial charge in [-0.1, -0.05) is 30.7 Å². The second-order valence-electron chi connectivity index (χ2n) is 8.10. The van der Waals surface area contributed by atoms with Crippen LogP contribution < -0.4 is 15.5 Å². The number of hydrogen-bond acceptors (Lipinski definition) is 8. The van der Waals surface area contributed by atoms with E-state index in [1.54, 1.807) is 36.4 Å². The smallest absolute Gasteiger partial charge is 0.340 e. The fourth-order valence-corrected chi connectivity index (χ4v) is 4.51. The molecule has 1 aromatic heterocycles. The zero-order valence-corrected chi connectivity index (χ0v) is 21.8. The van der Waals surface area contributed by atoms with Crippen LogP contribution in [0.1, 0.15) is 44.6 Å². The third-order valence-electron chi connectivity index (χ3n) is 5.49. The maximum atomic E-state index is 13.2. The van der Waals surface area contributed by atoms with Crippen LogP contribution in [0.4, 0.5) is 16.5 Å². The van der Waals surface area contributed by atoms with E-state index in [1.807, 2.05) is 20.8 Å². The lowest BCUT2D eigenvalue weighted by Gasteiger charge is -2.18. The number of anilines is 3. The SMILES string of the molecule is CCCOC(=O)c1ccccc1N1C(=O)C(Cl)=C(Nc2ccc(C(=O)Nc3nc(C)c(C)s3)cc2)C1=O. The van der Waals surface area contributed by atoms with Gasteiger partial charge in [-0.05, 0) is 56.7 Å². The molecule has 0 unspecified atom stereocenters. The average molecular weight is 539 g/mol. The van der Waals surface area contributed by atoms with Crippen LogP contribution in [0, 0.1) is 13.8 Å². The Labute approximate surface area is 222 Å². The number of halogens is 1. The minimum atomic E-state index is -0.769. The average Bonchev–Trinajstić information content (AvgIpc) is 3.31. The van der Waals surface area contributed by atoms with E-state index in [4.69, 9.17) is 16.3 Å². The summed E-state index contributed by atoms with van der Waals surface area (Å²) in [6.07, 6.45) is 0.627. The second kappa shape index (κ2) is 10.9. The molecule has 37 heavy (non-hydrogen) atoms. The second-order valence-corrected chi connectivity index (χ2v) is 9.69. The molecule has 0 fully saturated rings. The van der Waals surface area contributed by atoms with E-state index in [1.165, 1.54) is 23.5 Å². The van der Waals surface area contributed by atoms with Crippen molar-refractivity contribution in [1.82, 2.24) is 4.98 Å². The van der Waals surface area contributed by atoms with Gasteiger partial charge in [0.1, 0.15) is 10.7 Å². The molecule has 0 aliphatic carbocycles. The van der Waals surface area contributed by atoms with Crippen molar-refractivity contribution in [3.05, 3.63) is 81.0 Å². The number of thiazole rings is 1. The number of carbonyl (C=O) groups excluding carboxylic acids is 4. The molecule has 0 spiro atoms. The van der Waals surface area contributed by atoms with Crippen molar-refractivity contribution in [2.24, 2.45) is 0 Å². The molecule has 0 radical (unpaired) electrons. The topological polar surface area (TPSA) is 118 Å². The molecule has 1 aliphatic heterocycles. The molecule has 2 heterocycles. The third-order valence-corrected chi connectivity index (χ3v) is 6.83. The van der Waals surface area contributed by atoms with Crippen LogP contribution in [-0.2, 0) is 14.3 Å². The molecule has 0 atom stereocenters. The molecule has 0 bridgehead atoms. The van der Waals surface area contributed by atoms with Crippen LogP contribution in [0.25, 0.3) is 0 Å². The summed E-state index contributed by atoms with van der Waals surface area (Å²) in [4.78, 5) is 57.3. The number of para-hydroxylation sites is 1. The third kappa shape index (κ3) is 5.40. The van der Waals surface area contributed by atoms with E-state index in [0.717, 1.165) is 15.5 Å². The van der Waals surface area contributed by atoms with E-state index in [0.29, 0.717) is 22.8 Å². The quantitative estimate of drug-likeness (QED) is 0.305. The van der Waals surface area contributed by atoms with Gasteiger partial charge >= 0.3 is 5.97 Å². The first-order valence-corrected chi connectivity index (χ1v) is 12.6. The van der Waals surface area contributed by atoms with E-state index in [-0.39, 0.29) is 34.5 Å². The number of nitrogens with one attached hydrogen (secondary N) is 2. The first-order chi connectivity index (χ1) is 17.7. The number of aromatic nitrogens is 1. The number of benzene rings is 2. The Morgan fingerprint density at radius 2 is 1.76 bits per heavy atom. The molecular formula is C26H23ClN4O5S. The normalized spacial score (nSPS) is 13.2. The Morgan fingerprint density at radius 1 is 1.05 bits per heavy atom. The van der Waals surface area contributed by atoms with Crippen molar-refractivity contribution in [3.8, 4) is 0 Å². The molecule has 0 saturated heterocycles. The minimum Gasteiger partial charge on any atom is -0.462 e. The molecule has 190 valence electrons. The number of imide groups is 1. The molecular weight excluding hydrogens is 516 g/mol. The highest BCUT2D eigenvalue weighted by molar-refractivity contribution is 7.15. The Hall–Kier alpha value is -4.02. The highest BCUT2D eigenvalue weighted by Crippen LogP contribution is 2.32. The highest BCUT2D eigenvalue weighted by atomic mass is 35.5. The van der Waals surface area contributed by atoms with Crippen LogP contribution in [0.3, 0.4) is 0 Å². The van der Waals surface area contributed by atoms with Crippen molar-refractivity contribution in [1.29, 1.82) is 0 Å². The molecule has 11 heteroatoms. The van der Waals surface area contributed by atoms with Crippen molar-refractivity contribution in [3.63, 3.8) is 0 Å². The number of rotatable bonds is 8. The molecule has 0 saturated carbocycles. The van der Waals surface area contributed by atoms with Gasteiger partial charge in [-0.15, -0.1) is 11.3 Å². The van der Waals surface area contributed by atoms with Crippen LogP contribution in [0.15, 0.2) is 59.3 Å². The van der Waals surface area contributed by atoms with Gasteiger partial charge in [0.05, 0.1) is 23.6 Å². The summed E-state index contributed by atoms with van der Waals surface area (Å²) in [7, 11) is 0. The highest BCUT2D eigenvalue weighted by Gasteiger charge is 2.40. The Balaban J connectivity index is 1.50. The van der Waals surface area contributed by atoms with Crippen molar-refractivity contribution in [2.45, 2.75) is 27.2 Å². The van der Waals surface area contributed by atoms with Crippen molar-refractivity contribution >= 4 is 63.1 Å². The molecule has 3 amide bonds. The van der Waals surface area contributed by atoms with Crippen LogP contribution in [0.5, 0.6) is 0 Å². The number of nitrogens with zero attached hydrogens (tertiary/aromatic N) is 2. The maximum absolute atomic E-state index is 13.2. The summed E-state index contributed by atoms with van der Waals surface area (Å²) in [6.45, 7) is 5.86. The number of aryl methyl sites for hydroxylation is 2. The van der Waals surface area contributed by atoms with Crippen LogP contribution in [-0.4, -0.2) is 35.3 Å². The lowest BCUT2D eigenvalue weighted by Crippen LogP contribution is -2.33. The van der Waals surface area contributed by atoms with E-state index in [2.05, 4.69) is 15.6 Å². The minimum absolute atomic E-state index is 0.0735. The fourth-order valence-electron chi connectivity index (χ4n) is 3.49. The summed E-state index contributed by atoms with van der Waals surface area (Å²) >= 11 is 7.63. The van der Waals surface area contributed by atoms with Gasteiger partial charge < -0.3 is 10.1 Å². The number of carbonyl (C=O) groups is 4. The van der Waals surface area contributed by atoms with Gasteiger partial charge in [0.25, 0.3) is 17.7 Å². The van der Waals surface area contributed by atoms with Gasteiger partial charge in [0, 0.05) is 16.1 Å². The largest absolute Gasteiger partial charge is 0.462 e. The first kappa shape index (κ1) is 26.1. The summed E-state index contributed by atoms with van der Waals surface area (Å²) < 4.78 is 5.19. The van der Waals surface area contributed by atoms with Crippen molar-refractivity contribution in [2.75, 3.05) is 22.1 Å². The summed E-state index contributed by atoms with van der Waals surface area (Å²) in [5.41, 5.74) is 1.68. The van der Waals surface area contributed by atoms with Crippen molar-refractivity contribution < 1.29 is 23.9 Å². The maximum Gasteiger partial charge on any atom is 0.340 e. The standard InChI is InChI=1S/C26H23ClN4O5S/c1-4-13-36-25(35)18-7-5-6-8-19(18)31-23(33)20(27)21(24(31)34)29-17-11-9-16(10-12-17)22(32)30-26-28-14(2)15(3)37-26/h5-12,29H,4,13H2,1-3H3,(H,28,30,32). The van der Waals surface area contributed by atoms with Gasteiger partial charge in [-0.25, -0.2) is 14.7 Å². The number of hydrogen-bond donors (Lipinski definition) is 2. The number of esters is 1. The van der Waals surface area contributed by atoms with Gasteiger partial charge in [-0.3, -0.25) is 19.7 Å². The summed E-state index contributed by atoms with van der Waals surface area (Å²) in [6, 6.07) is 12.5. The lowest BCUT2D eigenvalue weighted by atomic mass is 10.1. The molecule has 3 aromatic rings. The molecule has 4 rings (SSSR count). The summed E-state index contributed by atoms with van der Waals surface area (Å²) in [5.74, 6) is -2.47. The predicted octanol–water partition coefficient (Wildman–Crippen LogP) is 5.01. The molecule has 2 aromatic carbocycles. The molecule has 1 aliphatic rings. The number of ether oxygens (including phenoxy) is 1. The van der Waals surface area contributed by atoms with Gasteiger partial charge in [0.15, 0.2) is 5.13 Å². The zero-order chi connectivity index (χ0) is 26.7. The van der Waals surface area contributed by atoms with Gasteiger partial charge in [-0.2, -0.15) is 0 Å². The number of amides is 3.